The van der Waals surface area contributed by atoms with Gasteiger partial charge in [0.1, 0.15) is 0 Å². The molecule has 2 heterocycles. The molecule has 14 rings (SSSR count). The van der Waals surface area contributed by atoms with E-state index < -0.39 is 0 Å². The third-order valence-electron chi connectivity index (χ3n) is 15.1. The Morgan fingerprint density at radius 2 is 1.06 bits per heavy atom. The summed E-state index contributed by atoms with van der Waals surface area (Å²) in [6.45, 7) is 4.52. The monoisotopic (exact) mass is 958 g/mol. The number of benzene rings is 10. The Balaban J connectivity index is 0.926. The fourth-order valence-corrected chi connectivity index (χ4v) is 14.5. The van der Waals surface area contributed by atoms with Crippen molar-refractivity contribution in [2.75, 3.05) is 9.80 Å². The molecular weight excluding hydrogens is 909 g/mol. The minimum atomic E-state index is 0.417. The molecule has 0 bridgehead atoms. The van der Waals surface area contributed by atoms with Crippen LogP contribution in [0.3, 0.4) is 0 Å². The molecule has 3 unspecified atom stereocenters. The van der Waals surface area contributed by atoms with Gasteiger partial charge in [0.2, 0.25) is 0 Å². The van der Waals surface area contributed by atoms with Gasteiger partial charge in [0.05, 0.1) is 11.4 Å². The zero-order valence-electron chi connectivity index (χ0n) is 40.2. The van der Waals surface area contributed by atoms with Gasteiger partial charge >= 0.3 is 0 Å². The zero-order chi connectivity index (χ0) is 47.9. The molecule has 2 aliphatic carbocycles. The highest BCUT2D eigenvalue weighted by Gasteiger charge is 2.33. The van der Waals surface area contributed by atoms with E-state index in [1.807, 2.05) is 23.1 Å². The SMILES string of the molecule is Cc1cccc(N(c2ccc(-c3cccc4c3SC3C=CC=CC43)cc2)c2cc3c4ccccc4c(N(C4=CC=CC(C)C4)c4ccc(-c5cccc6c5sc5ccccc56)cc4)cc3c3ccccc23)c1. The molecule has 10 aromatic carbocycles. The van der Waals surface area contributed by atoms with Crippen molar-refractivity contribution in [3.8, 4) is 22.3 Å². The molecule has 3 atom stereocenters. The second kappa shape index (κ2) is 17.5. The highest BCUT2D eigenvalue weighted by atomic mass is 32.2. The number of allylic oxidation sites excluding steroid dienone is 7. The standard InChI is InChI=1S/C68H50N2S2/c1-43-15-11-17-49(39-43)69(47-35-31-45(32-36-47)51-25-13-27-59-57-23-7-9-29-65(57)71-67(51)59)63-41-61-54-20-4-6-22-56(54)64(42-62(61)53-19-3-5-21-55(53)63)70(50-18-12-16-44(2)40-50)48-37-33-46(34-38-48)52-26-14-28-60-58-24-8-10-30-66(58)72-68(52)60/h3-39,41-42,44,57,65H,40H2,1-2H3. The lowest BCUT2D eigenvalue weighted by molar-refractivity contribution is 0.696. The molecule has 0 fully saturated rings. The quantitative estimate of drug-likeness (QED) is 0.140. The van der Waals surface area contributed by atoms with Crippen LogP contribution in [0.2, 0.25) is 0 Å². The predicted octanol–water partition coefficient (Wildman–Crippen LogP) is 19.9. The van der Waals surface area contributed by atoms with Gasteiger partial charge in [-0.05, 0) is 135 Å². The van der Waals surface area contributed by atoms with Crippen molar-refractivity contribution in [1.82, 2.24) is 0 Å². The van der Waals surface area contributed by atoms with Crippen molar-refractivity contribution in [3.05, 3.63) is 253 Å². The highest BCUT2D eigenvalue weighted by molar-refractivity contribution is 8.00. The first-order valence-electron chi connectivity index (χ1n) is 25.2. The van der Waals surface area contributed by atoms with E-state index in [2.05, 4.69) is 260 Å². The maximum Gasteiger partial charge on any atom is 0.0546 e. The Morgan fingerprint density at radius 3 is 1.78 bits per heavy atom. The number of aryl methyl sites for hydroxylation is 1. The molecule has 2 nitrogen and oxygen atoms in total. The van der Waals surface area contributed by atoms with Crippen molar-refractivity contribution < 1.29 is 0 Å². The Kier molecular flexibility index (Phi) is 10.4. The Hall–Kier alpha value is -7.89. The first-order valence-corrected chi connectivity index (χ1v) is 26.9. The van der Waals surface area contributed by atoms with E-state index in [4.69, 9.17) is 0 Å². The van der Waals surface area contributed by atoms with Crippen LogP contribution in [0.25, 0.3) is 74.7 Å². The number of rotatable bonds is 8. The normalized spacial score (nSPS) is 17.0. The molecule has 0 spiro atoms. The van der Waals surface area contributed by atoms with Gasteiger partial charge in [0.25, 0.3) is 0 Å². The number of fused-ring (bicyclic) bond motifs is 11. The fourth-order valence-electron chi connectivity index (χ4n) is 11.8. The van der Waals surface area contributed by atoms with E-state index in [0.717, 1.165) is 29.2 Å². The lowest BCUT2D eigenvalue weighted by Crippen LogP contribution is -2.19. The first kappa shape index (κ1) is 42.9. The average Bonchev–Trinajstić information content (AvgIpc) is 4.01. The van der Waals surface area contributed by atoms with Crippen LogP contribution < -0.4 is 9.80 Å². The molecular formula is C68H50N2S2. The van der Waals surface area contributed by atoms with E-state index in [-0.39, 0.29) is 0 Å². The van der Waals surface area contributed by atoms with Crippen molar-refractivity contribution in [2.24, 2.45) is 5.92 Å². The smallest absolute Gasteiger partial charge is 0.0546 e. The van der Waals surface area contributed by atoms with E-state index in [0.29, 0.717) is 17.1 Å². The van der Waals surface area contributed by atoms with Crippen LogP contribution in [-0.4, -0.2) is 5.25 Å². The number of nitrogens with zero attached hydrogens (tertiary/aromatic N) is 2. The van der Waals surface area contributed by atoms with Crippen LogP contribution in [0.5, 0.6) is 0 Å². The summed E-state index contributed by atoms with van der Waals surface area (Å²) < 4.78 is 2.66. The summed E-state index contributed by atoms with van der Waals surface area (Å²) in [6.07, 6.45) is 17.0. The molecule has 0 N–H and O–H groups in total. The summed E-state index contributed by atoms with van der Waals surface area (Å²) in [5, 5.41) is 10.5. The van der Waals surface area contributed by atoms with Gasteiger partial charge < -0.3 is 9.80 Å². The number of anilines is 5. The van der Waals surface area contributed by atoms with Crippen LogP contribution in [0.1, 0.15) is 30.4 Å². The maximum atomic E-state index is 2.54. The number of hydrogen-bond acceptors (Lipinski definition) is 4. The molecule has 0 saturated carbocycles. The molecule has 11 aromatic rings. The number of thiophene rings is 1. The van der Waals surface area contributed by atoms with Gasteiger partial charge in [-0.15, -0.1) is 23.1 Å². The topological polar surface area (TPSA) is 6.48 Å². The molecule has 0 radical (unpaired) electrons. The van der Waals surface area contributed by atoms with Crippen LogP contribution >= 0.6 is 23.1 Å². The van der Waals surface area contributed by atoms with Gasteiger partial charge in [-0.3, -0.25) is 0 Å². The Morgan fingerprint density at radius 1 is 0.458 bits per heavy atom. The summed E-state index contributed by atoms with van der Waals surface area (Å²) in [4.78, 5) is 6.42. The molecule has 3 aliphatic rings. The van der Waals surface area contributed by atoms with Crippen molar-refractivity contribution in [1.29, 1.82) is 0 Å². The van der Waals surface area contributed by atoms with Crippen molar-refractivity contribution in [2.45, 2.75) is 36.3 Å². The van der Waals surface area contributed by atoms with Crippen LogP contribution in [0.4, 0.5) is 28.4 Å². The molecule has 0 saturated heterocycles. The molecule has 4 heteroatoms. The van der Waals surface area contributed by atoms with E-state index in [9.17, 15) is 0 Å². The molecule has 1 aliphatic heterocycles. The summed E-state index contributed by atoms with van der Waals surface area (Å²) in [7, 11) is 0. The molecule has 1 aromatic heterocycles. The fraction of sp³-hybridized carbons (Fsp3) is 0.0882. The zero-order valence-corrected chi connectivity index (χ0v) is 41.8. The average molecular weight is 959 g/mol. The number of hydrogen-bond donors (Lipinski definition) is 0. The van der Waals surface area contributed by atoms with Gasteiger partial charge in [-0.2, -0.15) is 0 Å². The van der Waals surface area contributed by atoms with Crippen molar-refractivity contribution >= 4 is 104 Å². The summed E-state index contributed by atoms with van der Waals surface area (Å²) in [6, 6.07) is 73.0. The van der Waals surface area contributed by atoms with Gasteiger partial charge in [0, 0.05) is 69.8 Å². The minimum absolute atomic E-state index is 0.417. The lowest BCUT2D eigenvalue weighted by Gasteiger charge is -2.32. The van der Waals surface area contributed by atoms with Gasteiger partial charge in [-0.1, -0.05) is 183 Å². The first-order chi connectivity index (χ1) is 35.5. The summed E-state index contributed by atoms with van der Waals surface area (Å²) in [5.74, 6) is 0.847. The highest BCUT2D eigenvalue weighted by Crippen LogP contribution is 2.53. The predicted molar refractivity (Wildman–Crippen MR) is 312 cm³/mol. The lowest BCUT2D eigenvalue weighted by atomic mass is 9.90. The van der Waals surface area contributed by atoms with E-state index >= 15 is 0 Å². The third kappa shape index (κ3) is 7.15. The second-order valence-corrected chi connectivity index (χ2v) is 21.9. The molecule has 72 heavy (non-hydrogen) atoms. The van der Waals surface area contributed by atoms with Gasteiger partial charge in [-0.25, -0.2) is 0 Å². The molecule has 0 amide bonds. The maximum absolute atomic E-state index is 2.54. The Labute approximate surface area is 429 Å². The van der Waals surface area contributed by atoms with E-state index in [1.165, 1.54) is 102 Å². The van der Waals surface area contributed by atoms with Crippen LogP contribution in [0, 0.1) is 12.8 Å². The van der Waals surface area contributed by atoms with Crippen LogP contribution in [0.15, 0.2) is 247 Å². The van der Waals surface area contributed by atoms with Gasteiger partial charge in [0.15, 0.2) is 0 Å². The van der Waals surface area contributed by atoms with E-state index in [1.54, 1.807) is 0 Å². The largest absolute Gasteiger partial charge is 0.314 e. The third-order valence-corrected chi connectivity index (χ3v) is 17.8. The number of thioether (sulfide) groups is 1. The Bertz CT molecular complexity index is 4100. The summed E-state index contributed by atoms with van der Waals surface area (Å²) >= 11 is 3.89. The van der Waals surface area contributed by atoms with Crippen molar-refractivity contribution in [3.63, 3.8) is 0 Å². The second-order valence-electron chi connectivity index (χ2n) is 19.7. The molecule has 344 valence electrons. The summed E-state index contributed by atoms with van der Waals surface area (Å²) in [5.41, 5.74) is 14.8. The van der Waals surface area contributed by atoms with Crippen LogP contribution in [-0.2, 0) is 0 Å². The minimum Gasteiger partial charge on any atom is -0.314 e.